The van der Waals surface area contributed by atoms with Crippen molar-refractivity contribution in [3.8, 4) is 0 Å². The van der Waals surface area contributed by atoms with Gasteiger partial charge in [0.05, 0.1) is 0 Å². The molecule has 0 spiro atoms. The van der Waals surface area contributed by atoms with Gasteiger partial charge in [-0.3, -0.25) is 0 Å². The molecule has 0 aliphatic heterocycles. The van der Waals surface area contributed by atoms with Gasteiger partial charge >= 0.3 is 0 Å². The summed E-state index contributed by atoms with van der Waals surface area (Å²) in [6, 6.07) is 0. The van der Waals surface area contributed by atoms with Crippen LogP contribution in [0.25, 0.3) is 0 Å². The second-order valence-electron chi connectivity index (χ2n) is 3.07. The fraction of sp³-hybridized carbons (Fsp3) is 0.700. The summed E-state index contributed by atoms with van der Waals surface area (Å²) in [5.41, 5.74) is 0. The maximum Gasteiger partial charge on any atom is -0.0200 e. The summed E-state index contributed by atoms with van der Waals surface area (Å²) >= 11 is 0. The SMILES string of the molecule is CCCC[C]1CC=CCC1. The number of hydrogen-bond acceptors (Lipinski definition) is 0. The molecule has 0 aromatic carbocycles. The first-order valence-corrected chi connectivity index (χ1v) is 4.42. The molecule has 10 heavy (non-hydrogen) atoms. The Bertz CT molecular complexity index is 103. The molecular weight excluding hydrogens is 120 g/mol. The lowest BCUT2D eigenvalue weighted by molar-refractivity contribution is 0.637. The Hall–Kier alpha value is -0.260. The molecule has 1 aliphatic rings. The highest BCUT2D eigenvalue weighted by molar-refractivity contribution is 5.04. The Balaban J connectivity index is 2.10. The molecule has 0 heteroatoms. The van der Waals surface area contributed by atoms with Crippen LogP contribution in [0.3, 0.4) is 0 Å². The van der Waals surface area contributed by atoms with E-state index in [4.69, 9.17) is 0 Å². The van der Waals surface area contributed by atoms with Crippen molar-refractivity contribution in [2.45, 2.75) is 45.4 Å². The lowest BCUT2D eigenvalue weighted by Gasteiger charge is -2.15. The quantitative estimate of drug-likeness (QED) is 0.522. The third-order valence-electron chi connectivity index (χ3n) is 2.12. The normalized spacial score (nSPS) is 19.7. The van der Waals surface area contributed by atoms with Crippen molar-refractivity contribution in [3.05, 3.63) is 18.1 Å². The van der Waals surface area contributed by atoms with E-state index in [9.17, 15) is 0 Å². The molecule has 0 N–H and O–H groups in total. The first-order chi connectivity index (χ1) is 4.93. The topological polar surface area (TPSA) is 0 Å². The third kappa shape index (κ3) is 2.55. The summed E-state index contributed by atoms with van der Waals surface area (Å²) in [6.07, 6.45) is 12.6. The van der Waals surface area contributed by atoms with Crippen molar-refractivity contribution < 1.29 is 0 Å². The summed E-state index contributed by atoms with van der Waals surface area (Å²) in [5.74, 6) is 1.77. The molecular formula is C10H17. The standard InChI is InChI=1S/C10H17/c1-2-3-7-10-8-5-4-6-9-10/h4-5H,2-3,6-9H2,1H3. The zero-order chi connectivity index (χ0) is 7.23. The Morgan fingerprint density at radius 2 is 2.30 bits per heavy atom. The number of unbranched alkanes of at least 4 members (excludes halogenated alkanes) is 1. The van der Waals surface area contributed by atoms with Crippen LogP contribution in [-0.4, -0.2) is 0 Å². The van der Waals surface area contributed by atoms with E-state index in [-0.39, 0.29) is 0 Å². The summed E-state index contributed by atoms with van der Waals surface area (Å²) in [6.45, 7) is 2.26. The van der Waals surface area contributed by atoms with Crippen molar-refractivity contribution in [2.75, 3.05) is 0 Å². The van der Waals surface area contributed by atoms with Gasteiger partial charge in [0.2, 0.25) is 0 Å². The highest BCUT2D eigenvalue weighted by Gasteiger charge is 2.08. The zero-order valence-corrected chi connectivity index (χ0v) is 6.90. The van der Waals surface area contributed by atoms with Crippen molar-refractivity contribution in [2.24, 2.45) is 0 Å². The summed E-state index contributed by atoms with van der Waals surface area (Å²) in [4.78, 5) is 0. The summed E-state index contributed by atoms with van der Waals surface area (Å²) in [7, 11) is 0. The van der Waals surface area contributed by atoms with Gasteiger partial charge in [-0.2, -0.15) is 0 Å². The number of rotatable bonds is 3. The van der Waals surface area contributed by atoms with Gasteiger partial charge < -0.3 is 0 Å². The van der Waals surface area contributed by atoms with E-state index in [1.54, 1.807) is 5.92 Å². The predicted molar refractivity (Wildman–Crippen MR) is 45.8 cm³/mol. The highest BCUT2D eigenvalue weighted by Crippen LogP contribution is 2.25. The first-order valence-electron chi connectivity index (χ1n) is 4.42. The van der Waals surface area contributed by atoms with Gasteiger partial charge in [0.15, 0.2) is 0 Å². The van der Waals surface area contributed by atoms with Crippen LogP contribution >= 0.6 is 0 Å². The molecule has 1 aliphatic carbocycles. The van der Waals surface area contributed by atoms with Crippen LogP contribution in [0.4, 0.5) is 0 Å². The average molecular weight is 137 g/mol. The molecule has 0 nitrogen and oxygen atoms in total. The molecule has 0 saturated heterocycles. The highest BCUT2D eigenvalue weighted by atomic mass is 14.1. The lowest BCUT2D eigenvalue weighted by atomic mass is 9.90. The maximum atomic E-state index is 2.31. The molecule has 0 unspecified atom stereocenters. The molecule has 1 radical (unpaired) electrons. The van der Waals surface area contributed by atoms with E-state index >= 15 is 0 Å². The molecule has 0 fully saturated rings. The molecule has 0 saturated carbocycles. The molecule has 0 aromatic rings. The number of hydrogen-bond donors (Lipinski definition) is 0. The number of allylic oxidation sites excluding steroid dienone is 2. The minimum absolute atomic E-state index is 1.26. The molecule has 57 valence electrons. The van der Waals surface area contributed by atoms with Gasteiger partial charge in [0, 0.05) is 0 Å². The molecule has 0 bridgehead atoms. The maximum absolute atomic E-state index is 2.31. The Kier molecular flexibility index (Phi) is 3.56. The monoisotopic (exact) mass is 137 g/mol. The molecule has 0 amide bonds. The average Bonchev–Trinajstić information content (AvgIpc) is 2.03. The van der Waals surface area contributed by atoms with E-state index in [1.807, 2.05) is 0 Å². The molecule has 0 aromatic heterocycles. The Morgan fingerprint density at radius 3 is 2.90 bits per heavy atom. The van der Waals surface area contributed by atoms with Gasteiger partial charge in [-0.25, -0.2) is 0 Å². The second kappa shape index (κ2) is 4.54. The van der Waals surface area contributed by atoms with Crippen LogP contribution < -0.4 is 0 Å². The zero-order valence-electron chi connectivity index (χ0n) is 6.90. The van der Waals surface area contributed by atoms with E-state index < -0.39 is 0 Å². The van der Waals surface area contributed by atoms with Gasteiger partial charge in [0.1, 0.15) is 0 Å². The van der Waals surface area contributed by atoms with Crippen LogP contribution in [0.5, 0.6) is 0 Å². The summed E-state index contributed by atoms with van der Waals surface area (Å²) in [5, 5.41) is 0. The van der Waals surface area contributed by atoms with Crippen molar-refractivity contribution in [3.63, 3.8) is 0 Å². The first kappa shape index (κ1) is 7.84. The molecule has 0 atom stereocenters. The van der Waals surface area contributed by atoms with Crippen molar-refractivity contribution in [1.29, 1.82) is 0 Å². The van der Waals surface area contributed by atoms with Gasteiger partial charge in [0.25, 0.3) is 0 Å². The van der Waals surface area contributed by atoms with E-state index in [0.717, 1.165) is 0 Å². The van der Waals surface area contributed by atoms with Gasteiger partial charge in [-0.1, -0.05) is 31.9 Å². The van der Waals surface area contributed by atoms with Crippen molar-refractivity contribution in [1.82, 2.24) is 0 Å². The largest absolute Gasteiger partial charge is 0.0885 e. The Morgan fingerprint density at radius 1 is 1.40 bits per heavy atom. The van der Waals surface area contributed by atoms with Crippen LogP contribution in [0.1, 0.15) is 45.4 Å². The Labute approximate surface area is 64.3 Å². The summed E-state index contributed by atoms with van der Waals surface area (Å²) < 4.78 is 0. The lowest BCUT2D eigenvalue weighted by Crippen LogP contribution is -1.99. The smallest absolute Gasteiger partial charge is 0.0200 e. The van der Waals surface area contributed by atoms with Crippen LogP contribution in [0.15, 0.2) is 12.2 Å². The van der Waals surface area contributed by atoms with Crippen LogP contribution in [0, 0.1) is 5.92 Å². The molecule has 0 heterocycles. The van der Waals surface area contributed by atoms with Crippen LogP contribution in [-0.2, 0) is 0 Å². The fourth-order valence-corrected chi connectivity index (χ4v) is 1.41. The molecule has 1 rings (SSSR count). The van der Waals surface area contributed by atoms with Gasteiger partial charge in [-0.15, -0.1) is 0 Å². The van der Waals surface area contributed by atoms with E-state index in [1.165, 1.54) is 38.5 Å². The van der Waals surface area contributed by atoms with Crippen molar-refractivity contribution >= 4 is 0 Å². The van der Waals surface area contributed by atoms with E-state index in [0.29, 0.717) is 0 Å². The second-order valence-corrected chi connectivity index (χ2v) is 3.07. The minimum atomic E-state index is 1.26. The van der Waals surface area contributed by atoms with Gasteiger partial charge in [-0.05, 0) is 31.6 Å². The predicted octanol–water partition coefficient (Wildman–Crippen LogP) is 3.49. The fourth-order valence-electron chi connectivity index (χ4n) is 1.41. The third-order valence-corrected chi connectivity index (χ3v) is 2.12. The van der Waals surface area contributed by atoms with Crippen LogP contribution in [0.2, 0.25) is 0 Å². The van der Waals surface area contributed by atoms with E-state index in [2.05, 4.69) is 19.1 Å². The minimum Gasteiger partial charge on any atom is -0.0885 e.